The average molecular weight is 352 g/mol. The van der Waals surface area contributed by atoms with Gasteiger partial charge in [0.05, 0.1) is 24.0 Å². The van der Waals surface area contributed by atoms with E-state index in [0.717, 1.165) is 22.3 Å². The molecule has 0 radical (unpaired) electrons. The fraction of sp³-hybridized carbons (Fsp3) is 0.200. The van der Waals surface area contributed by atoms with Crippen LogP contribution in [-0.2, 0) is 31.9 Å². The molecule has 0 amide bonds. The second-order valence-electron chi connectivity index (χ2n) is 6.14. The highest BCUT2D eigenvalue weighted by atomic mass is 16.6. The Bertz CT molecular complexity index is 941. The topological polar surface area (TPSA) is 86.7 Å². The third kappa shape index (κ3) is 3.54. The van der Waals surface area contributed by atoms with E-state index in [1.165, 1.54) is 0 Å². The van der Waals surface area contributed by atoms with Gasteiger partial charge in [0.2, 0.25) is 0 Å². The largest absolute Gasteiger partial charge is 0.389 e. The monoisotopic (exact) mass is 352 g/mol. The van der Waals surface area contributed by atoms with E-state index < -0.39 is 23.9 Å². The smallest absolute Gasteiger partial charge is 0.346 e. The van der Waals surface area contributed by atoms with Crippen molar-refractivity contribution >= 4 is 23.9 Å². The van der Waals surface area contributed by atoms with Crippen LogP contribution in [0.2, 0.25) is 0 Å². The normalized spacial score (nSPS) is 15.2. The Kier molecular flexibility index (Phi) is 4.67. The summed E-state index contributed by atoms with van der Waals surface area (Å²) in [6, 6.07) is 10.7. The first-order valence-electron chi connectivity index (χ1n) is 8.03. The van der Waals surface area contributed by atoms with Crippen molar-refractivity contribution < 1.29 is 28.7 Å². The second kappa shape index (κ2) is 6.92. The van der Waals surface area contributed by atoms with Crippen LogP contribution in [0, 0.1) is 13.8 Å². The molecular formula is C20H16O6. The third-order valence-corrected chi connectivity index (χ3v) is 4.14. The van der Waals surface area contributed by atoms with Crippen LogP contribution in [0.5, 0.6) is 0 Å². The maximum Gasteiger partial charge on any atom is 0.346 e. The lowest BCUT2D eigenvalue weighted by Crippen LogP contribution is -2.23. The molecule has 0 fully saturated rings. The van der Waals surface area contributed by atoms with E-state index >= 15 is 0 Å². The highest BCUT2D eigenvalue weighted by Gasteiger charge is 2.26. The van der Waals surface area contributed by atoms with Gasteiger partial charge >= 0.3 is 23.9 Å². The Labute approximate surface area is 149 Å². The third-order valence-electron chi connectivity index (χ3n) is 4.14. The zero-order valence-corrected chi connectivity index (χ0v) is 14.3. The molecule has 0 atom stereocenters. The number of ether oxygens (including phenoxy) is 2. The zero-order chi connectivity index (χ0) is 18.8. The van der Waals surface area contributed by atoms with Crippen LogP contribution < -0.4 is 0 Å². The fourth-order valence-electron chi connectivity index (χ4n) is 2.98. The standard InChI is InChI=1S/C11H10O3.C9H6O3/c1-6-3-7(2)8-5-10(12)14-11(13)9(8)4-6;10-8-5-6-3-1-2-4-7(6)9(11)12-8/h3-4H,5H2,1-2H3;1-4H,5H2. The predicted molar refractivity (Wildman–Crippen MR) is 90.6 cm³/mol. The van der Waals surface area contributed by atoms with E-state index in [2.05, 4.69) is 9.47 Å². The van der Waals surface area contributed by atoms with Crippen molar-refractivity contribution in [1.29, 1.82) is 0 Å². The summed E-state index contributed by atoms with van der Waals surface area (Å²) < 4.78 is 8.98. The summed E-state index contributed by atoms with van der Waals surface area (Å²) in [6.45, 7) is 3.81. The van der Waals surface area contributed by atoms with Gasteiger partial charge in [-0.1, -0.05) is 24.3 Å². The quantitative estimate of drug-likeness (QED) is 0.535. The van der Waals surface area contributed by atoms with Crippen molar-refractivity contribution in [1.82, 2.24) is 0 Å². The summed E-state index contributed by atoms with van der Waals surface area (Å²) in [5, 5.41) is 0. The maximum atomic E-state index is 11.4. The number of hydrogen-bond donors (Lipinski definition) is 0. The van der Waals surface area contributed by atoms with E-state index in [0.29, 0.717) is 11.1 Å². The van der Waals surface area contributed by atoms with Gasteiger partial charge in [0, 0.05) is 0 Å². The first-order chi connectivity index (χ1) is 12.3. The molecule has 0 N–H and O–H groups in total. The van der Waals surface area contributed by atoms with Gasteiger partial charge in [0.15, 0.2) is 0 Å². The summed E-state index contributed by atoms with van der Waals surface area (Å²) in [5.41, 5.74) is 4.56. The molecule has 0 aromatic heterocycles. The summed E-state index contributed by atoms with van der Waals surface area (Å²) >= 11 is 0. The number of rotatable bonds is 0. The molecule has 2 aromatic carbocycles. The number of esters is 4. The number of cyclic esters (lactones) is 4. The molecule has 4 rings (SSSR count). The molecule has 0 saturated carbocycles. The van der Waals surface area contributed by atoms with Gasteiger partial charge in [0.25, 0.3) is 0 Å². The molecule has 2 aliphatic heterocycles. The molecular weight excluding hydrogens is 336 g/mol. The van der Waals surface area contributed by atoms with E-state index in [9.17, 15) is 19.2 Å². The first kappa shape index (κ1) is 17.5. The summed E-state index contributed by atoms with van der Waals surface area (Å²) in [6.07, 6.45) is 0.398. The van der Waals surface area contributed by atoms with Gasteiger partial charge in [0.1, 0.15) is 0 Å². The Hall–Kier alpha value is -3.28. The number of carbonyl (C=O) groups excluding carboxylic acids is 4. The summed E-state index contributed by atoms with van der Waals surface area (Å²) in [4.78, 5) is 44.2. The molecule has 0 bridgehead atoms. The Morgan fingerprint density at radius 2 is 1.38 bits per heavy atom. The van der Waals surface area contributed by atoms with Crippen molar-refractivity contribution in [2.45, 2.75) is 26.7 Å². The van der Waals surface area contributed by atoms with E-state index in [4.69, 9.17) is 0 Å². The van der Waals surface area contributed by atoms with Gasteiger partial charge in [-0.25, -0.2) is 9.59 Å². The molecule has 0 saturated heterocycles. The van der Waals surface area contributed by atoms with Crippen molar-refractivity contribution in [2.75, 3.05) is 0 Å². The molecule has 0 unspecified atom stereocenters. The maximum absolute atomic E-state index is 11.4. The van der Waals surface area contributed by atoms with Crippen LogP contribution in [0.1, 0.15) is 43.0 Å². The number of carbonyl (C=O) groups is 4. The van der Waals surface area contributed by atoms with Gasteiger partial charge in [-0.15, -0.1) is 0 Å². The van der Waals surface area contributed by atoms with E-state index in [1.807, 2.05) is 19.9 Å². The van der Waals surface area contributed by atoms with Crippen LogP contribution >= 0.6 is 0 Å². The van der Waals surface area contributed by atoms with Gasteiger partial charge in [-0.05, 0) is 48.2 Å². The molecule has 132 valence electrons. The van der Waals surface area contributed by atoms with Crippen molar-refractivity contribution in [3.05, 3.63) is 69.8 Å². The Morgan fingerprint density at radius 3 is 2.12 bits per heavy atom. The van der Waals surface area contributed by atoms with Gasteiger partial charge < -0.3 is 9.47 Å². The molecule has 0 aliphatic carbocycles. The molecule has 2 aliphatic rings. The molecule has 2 aromatic rings. The summed E-state index contributed by atoms with van der Waals surface area (Å²) in [7, 11) is 0. The molecule has 0 spiro atoms. The van der Waals surface area contributed by atoms with Gasteiger partial charge in [-0.3, -0.25) is 9.59 Å². The minimum Gasteiger partial charge on any atom is -0.389 e. The van der Waals surface area contributed by atoms with E-state index in [1.54, 1.807) is 30.3 Å². The first-order valence-corrected chi connectivity index (χ1v) is 8.03. The Balaban J connectivity index is 0.000000152. The predicted octanol–water partition coefficient (Wildman–Crippen LogP) is 2.47. The van der Waals surface area contributed by atoms with Crippen molar-refractivity contribution in [3.63, 3.8) is 0 Å². The van der Waals surface area contributed by atoms with Crippen LogP contribution in [0.25, 0.3) is 0 Å². The number of benzene rings is 2. The Morgan fingerprint density at radius 1 is 0.769 bits per heavy atom. The minimum absolute atomic E-state index is 0.196. The van der Waals surface area contributed by atoms with Crippen LogP contribution in [0.15, 0.2) is 36.4 Å². The lowest BCUT2D eigenvalue weighted by molar-refractivity contribution is -0.139. The zero-order valence-electron chi connectivity index (χ0n) is 14.3. The fourth-order valence-corrected chi connectivity index (χ4v) is 2.98. The number of hydrogen-bond acceptors (Lipinski definition) is 6. The van der Waals surface area contributed by atoms with Crippen molar-refractivity contribution in [2.24, 2.45) is 0 Å². The highest BCUT2D eigenvalue weighted by Crippen LogP contribution is 2.22. The second-order valence-corrected chi connectivity index (χ2v) is 6.14. The highest BCUT2D eigenvalue weighted by molar-refractivity contribution is 6.03. The van der Waals surface area contributed by atoms with Gasteiger partial charge in [-0.2, -0.15) is 0 Å². The average Bonchev–Trinajstić information content (AvgIpc) is 2.56. The SMILES string of the molecule is Cc1cc(C)c2c(c1)C(=O)OC(=O)C2.O=C1Cc2ccccc2C(=O)O1. The molecule has 6 nitrogen and oxygen atoms in total. The van der Waals surface area contributed by atoms with Crippen LogP contribution in [0.3, 0.4) is 0 Å². The lowest BCUT2D eigenvalue weighted by Gasteiger charge is -2.16. The molecule has 6 heteroatoms. The lowest BCUT2D eigenvalue weighted by atomic mass is 9.95. The molecule has 26 heavy (non-hydrogen) atoms. The molecule has 2 heterocycles. The minimum atomic E-state index is -0.540. The van der Waals surface area contributed by atoms with Crippen LogP contribution in [0.4, 0.5) is 0 Å². The number of aryl methyl sites for hydroxylation is 2. The van der Waals surface area contributed by atoms with E-state index in [-0.39, 0.29) is 12.8 Å². The summed E-state index contributed by atoms with van der Waals surface area (Å²) in [5.74, 6) is -2.00. The van der Waals surface area contributed by atoms with Crippen LogP contribution in [-0.4, -0.2) is 23.9 Å². The number of fused-ring (bicyclic) bond motifs is 2. The van der Waals surface area contributed by atoms with Crippen molar-refractivity contribution in [3.8, 4) is 0 Å².